The van der Waals surface area contributed by atoms with Crippen molar-refractivity contribution in [1.82, 2.24) is 19.4 Å². The number of aromatic nitrogens is 2. The van der Waals surface area contributed by atoms with E-state index < -0.39 is 15.9 Å². The normalized spacial score (nSPS) is 11.7. The van der Waals surface area contributed by atoms with E-state index in [1.54, 1.807) is 50.2 Å². The van der Waals surface area contributed by atoms with Crippen molar-refractivity contribution in [1.29, 1.82) is 0 Å². The van der Waals surface area contributed by atoms with E-state index in [1.807, 2.05) is 0 Å². The predicted molar refractivity (Wildman–Crippen MR) is 115 cm³/mol. The number of carbonyl (C=O) groups excluding carboxylic acids is 1. The number of sulfonamides is 1. The maximum atomic E-state index is 12.7. The lowest BCUT2D eigenvalue weighted by Gasteiger charge is -2.18. The number of aryl methyl sites for hydroxylation is 1. The summed E-state index contributed by atoms with van der Waals surface area (Å²) in [5.41, 5.74) is 0.636. The summed E-state index contributed by atoms with van der Waals surface area (Å²) in [5.74, 6) is -0.415. The standard InChI is InChI=1S/C21H24N4O4S/c1-4-25(5-2)30(28,29)16-12-10-15(11-13-16)14-22-20(26)19-17-8-6-7-9-18(17)21(27)24(3)23-19/h6-13H,4-5,14H2,1-3H3,(H,22,26). The highest BCUT2D eigenvalue weighted by atomic mass is 32.2. The molecule has 0 fully saturated rings. The van der Waals surface area contributed by atoms with Crippen LogP contribution in [0.25, 0.3) is 10.8 Å². The number of nitrogens with zero attached hydrogens (tertiary/aromatic N) is 3. The zero-order chi connectivity index (χ0) is 21.9. The molecule has 1 aromatic heterocycles. The minimum atomic E-state index is -3.52. The molecular weight excluding hydrogens is 404 g/mol. The molecule has 1 amide bonds. The highest BCUT2D eigenvalue weighted by Crippen LogP contribution is 2.17. The van der Waals surface area contributed by atoms with Crippen LogP contribution in [0.4, 0.5) is 0 Å². The Morgan fingerprint density at radius 3 is 2.23 bits per heavy atom. The fourth-order valence-electron chi connectivity index (χ4n) is 3.23. The fraction of sp³-hybridized carbons (Fsp3) is 0.286. The maximum Gasteiger partial charge on any atom is 0.274 e. The van der Waals surface area contributed by atoms with Crippen molar-refractivity contribution in [2.45, 2.75) is 25.3 Å². The van der Waals surface area contributed by atoms with E-state index in [9.17, 15) is 18.0 Å². The van der Waals surface area contributed by atoms with E-state index >= 15 is 0 Å². The molecule has 30 heavy (non-hydrogen) atoms. The smallest absolute Gasteiger partial charge is 0.274 e. The van der Waals surface area contributed by atoms with Gasteiger partial charge in [0.15, 0.2) is 5.69 Å². The molecule has 0 aliphatic carbocycles. The van der Waals surface area contributed by atoms with Gasteiger partial charge in [0.1, 0.15) is 0 Å². The molecule has 1 heterocycles. The number of hydrogen-bond acceptors (Lipinski definition) is 5. The molecular formula is C21H24N4O4S. The summed E-state index contributed by atoms with van der Waals surface area (Å²) in [5, 5.41) is 7.79. The first-order chi connectivity index (χ1) is 14.3. The summed E-state index contributed by atoms with van der Waals surface area (Å²) in [7, 11) is -2.02. The van der Waals surface area contributed by atoms with Crippen LogP contribution in [0.3, 0.4) is 0 Å². The minimum absolute atomic E-state index is 0.161. The Morgan fingerprint density at radius 2 is 1.63 bits per heavy atom. The molecule has 0 saturated heterocycles. The molecule has 0 bridgehead atoms. The van der Waals surface area contributed by atoms with Gasteiger partial charge in [0, 0.05) is 32.1 Å². The van der Waals surface area contributed by atoms with Gasteiger partial charge < -0.3 is 5.32 Å². The Hall–Kier alpha value is -3.04. The van der Waals surface area contributed by atoms with Crippen LogP contribution < -0.4 is 10.9 Å². The lowest BCUT2D eigenvalue weighted by Crippen LogP contribution is -2.30. The van der Waals surface area contributed by atoms with E-state index in [1.165, 1.54) is 23.5 Å². The largest absolute Gasteiger partial charge is 0.347 e. The summed E-state index contributed by atoms with van der Waals surface area (Å²) >= 11 is 0. The summed E-state index contributed by atoms with van der Waals surface area (Å²) in [6, 6.07) is 13.2. The molecule has 3 aromatic rings. The van der Waals surface area contributed by atoms with E-state index in [2.05, 4.69) is 10.4 Å². The van der Waals surface area contributed by atoms with Crippen LogP contribution in [-0.2, 0) is 23.6 Å². The van der Waals surface area contributed by atoms with E-state index in [-0.39, 0.29) is 22.7 Å². The number of amides is 1. The van der Waals surface area contributed by atoms with Gasteiger partial charge >= 0.3 is 0 Å². The van der Waals surface area contributed by atoms with Crippen molar-refractivity contribution in [3.05, 3.63) is 70.1 Å². The third-order valence-electron chi connectivity index (χ3n) is 4.89. The second kappa shape index (κ2) is 8.76. The average Bonchev–Trinajstić information content (AvgIpc) is 2.75. The number of hydrogen-bond donors (Lipinski definition) is 1. The molecule has 0 atom stereocenters. The molecule has 8 nitrogen and oxygen atoms in total. The third-order valence-corrected chi connectivity index (χ3v) is 6.96. The number of carbonyl (C=O) groups is 1. The molecule has 0 aliphatic rings. The lowest BCUT2D eigenvalue weighted by atomic mass is 10.1. The molecule has 9 heteroatoms. The third kappa shape index (κ3) is 4.12. The first-order valence-corrected chi connectivity index (χ1v) is 11.1. The van der Waals surface area contributed by atoms with Gasteiger partial charge in [0.05, 0.1) is 10.3 Å². The highest BCUT2D eigenvalue weighted by molar-refractivity contribution is 7.89. The van der Waals surface area contributed by atoms with Crippen molar-refractivity contribution >= 4 is 26.7 Å². The summed E-state index contributed by atoms with van der Waals surface area (Å²) < 4.78 is 27.7. The molecule has 1 N–H and O–H groups in total. The Kier molecular flexibility index (Phi) is 6.33. The van der Waals surface area contributed by atoms with Crippen molar-refractivity contribution < 1.29 is 13.2 Å². The maximum absolute atomic E-state index is 12.7. The minimum Gasteiger partial charge on any atom is -0.347 e. The second-order valence-electron chi connectivity index (χ2n) is 6.74. The molecule has 0 saturated carbocycles. The Morgan fingerprint density at radius 1 is 1.03 bits per heavy atom. The highest BCUT2D eigenvalue weighted by Gasteiger charge is 2.21. The topological polar surface area (TPSA) is 101 Å². The first-order valence-electron chi connectivity index (χ1n) is 9.63. The number of rotatable bonds is 7. The number of benzene rings is 2. The summed E-state index contributed by atoms with van der Waals surface area (Å²) in [4.78, 5) is 25.1. The number of nitrogens with one attached hydrogen (secondary N) is 1. The quantitative estimate of drug-likeness (QED) is 0.619. The van der Waals surface area contributed by atoms with Gasteiger partial charge in [-0.05, 0) is 23.8 Å². The van der Waals surface area contributed by atoms with Gasteiger partial charge in [-0.15, -0.1) is 0 Å². The SMILES string of the molecule is CCN(CC)S(=O)(=O)c1ccc(CNC(=O)c2nn(C)c(=O)c3ccccc23)cc1. The van der Waals surface area contributed by atoms with Crippen LogP contribution in [0.1, 0.15) is 29.9 Å². The first kappa shape index (κ1) is 21.7. The summed E-state index contributed by atoms with van der Waals surface area (Å²) in [6.45, 7) is 4.59. The zero-order valence-electron chi connectivity index (χ0n) is 17.1. The zero-order valence-corrected chi connectivity index (χ0v) is 17.9. The van der Waals surface area contributed by atoms with Crippen LogP contribution in [0, 0.1) is 0 Å². The van der Waals surface area contributed by atoms with Gasteiger partial charge in [0.2, 0.25) is 10.0 Å². The fourth-order valence-corrected chi connectivity index (χ4v) is 4.68. The molecule has 2 aromatic carbocycles. The molecule has 0 spiro atoms. The van der Waals surface area contributed by atoms with Gasteiger partial charge in [0.25, 0.3) is 11.5 Å². The Bertz CT molecular complexity index is 1230. The van der Waals surface area contributed by atoms with E-state index in [4.69, 9.17) is 0 Å². The molecule has 3 rings (SSSR count). The van der Waals surface area contributed by atoms with Crippen LogP contribution in [0.5, 0.6) is 0 Å². The van der Waals surface area contributed by atoms with Gasteiger partial charge in [-0.25, -0.2) is 13.1 Å². The number of fused-ring (bicyclic) bond motifs is 1. The Balaban J connectivity index is 1.79. The molecule has 0 aliphatic heterocycles. The summed E-state index contributed by atoms with van der Waals surface area (Å²) in [6.07, 6.45) is 0. The van der Waals surface area contributed by atoms with Crippen LogP contribution in [-0.4, -0.2) is 41.5 Å². The molecule has 0 radical (unpaired) electrons. The Labute approximate surface area is 175 Å². The van der Waals surface area contributed by atoms with Gasteiger partial charge in [-0.2, -0.15) is 9.40 Å². The van der Waals surface area contributed by atoms with Crippen LogP contribution >= 0.6 is 0 Å². The van der Waals surface area contributed by atoms with Crippen molar-refractivity contribution in [3.8, 4) is 0 Å². The predicted octanol–water partition coefficient (Wildman–Crippen LogP) is 1.89. The average molecular weight is 429 g/mol. The van der Waals surface area contributed by atoms with Gasteiger partial charge in [-0.1, -0.05) is 44.2 Å². The van der Waals surface area contributed by atoms with Crippen LogP contribution in [0.15, 0.2) is 58.2 Å². The van der Waals surface area contributed by atoms with Crippen molar-refractivity contribution in [2.24, 2.45) is 7.05 Å². The van der Waals surface area contributed by atoms with Crippen LogP contribution in [0.2, 0.25) is 0 Å². The van der Waals surface area contributed by atoms with E-state index in [0.717, 1.165) is 10.2 Å². The van der Waals surface area contributed by atoms with E-state index in [0.29, 0.717) is 23.9 Å². The lowest BCUT2D eigenvalue weighted by molar-refractivity contribution is 0.0945. The van der Waals surface area contributed by atoms with Gasteiger partial charge in [-0.3, -0.25) is 9.59 Å². The monoisotopic (exact) mass is 428 g/mol. The van der Waals surface area contributed by atoms with Crippen molar-refractivity contribution in [3.63, 3.8) is 0 Å². The second-order valence-corrected chi connectivity index (χ2v) is 8.68. The molecule has 158 valence electrons. The van der Waals surface area contributed by atoms with Crippen molar-refractivity contribution in [2.75, 3.05) is 13.1 Å². The molecule has 0 unspecified atom stereocenters.